The first-order chi connectivity index (χ1) is 9.88. The van der Waals surface area contributed by atoms with Gasteiger partial charge in [0.15, 0.2) is 0 Å². The lowest BCUT2D eigenvalue weighted by Gasteiger charge is -2.31. The van der Waals surface area contributed by atoms with Gasteiger partial charge < -0.3 is 10.6 Å². The normalized spacial score (nSPS) is 15.8. The van der Waals surface area contributed by atoms with Gasteiger partial charge in [-0.3, -0.25) is 4.68 Å². The molecule has 0 radical (unpaired) electrons. The van der Waals surface area contributed by atoms with Gasteiger partial charge in [-0.25, -0.2) is 0 Å². The van der Waals surface area contributed by atoms with Gasteiger partial charge in [0.05, 0.1) is 6.20 Å². The zero-order valence-corrected chi connectivity index (χ0v) is 13.8. The van der Waals surface area contributed by atoms with E-state index in [1.807, 2.05) is 38.6 Å². The molecule has 0 saturated carbocycles. The van der Waals surface area contributed by atoms with E-state index in [4.69, 9.17) is 5.73 Å². The summed E-state index contributed by atoms with van der Waals surface area (Å²) in [5, 5.41) is 7.75. The van der Waals surface area contributed by atoms with Crippen molar-refractivity contribution < 1.29 is 0 Å². The fraction of sp³-hybridized carbons (Fsp3) is 0.867. The number of nitrogens with zero attached hydrogens (tertiary/aromatic N) is 4. The molecular formula is C15H33N5. The molecular weight excluding hydrogens is 250 g/mol. The Labute approximate surface area is 124 Å². The van der Waals surface area contributed by atoms with Crippen molar-refractivity contribution in [3.05, 3.63) is 12.4 Å². The standard InChI is InChI=1S/C11H21N5.2C2H6/c12-10-11-2-7-15(8-3-11)5-1-6-16-9-4-13-14-16;2*1-2/h4,9,11H,1-3,5-8,10,12H2;2*1-2H3. The molecule has 5 heteroatoms. The number of nitrogens with two attached hydrogens (primary N) is 1. The van der Waals surface area contributed by atoms with Crippen LogP contribution in [0.3, 0.4) is 0 Å². The van der Waals surface area contributed by atoms with Crippen LogP contribution in [0.5, 0.6) is 0 Å². The number of likely N-dealkylation sites (tertiary alicyclic amines) is 1. The maximum atomic E-state index is 5.68. The summed E-state index contributed by atoms with van der Waals surface area (Å²) in [6.45, 7) is 13.4. The van der Waals surface area contributed by atoms with Crippen molar-refractivity contribution in [2.75, 3.05) is 26.2 Å². The molecule has 0 bridgehead atoms. The van der Waals surface area contributed by atoms with E-state index in [2.05, 4.69) is 15.2 Å². The summed E-state index contributed by atoms with van der Waals surface area (Å²) in [6.07, 6.45) is 7.32. The summed E-state index contributed by atoms with van der Waals surface area (Å²) in [6, 6.07) is 0. The van der Waals surface area contributed by atoms with Gasteiger partial charge in [0.2, 0.25) is 0 Å². The number of hydrogen-bond acceptors (Lipinski definition) is 4. The first-order valence-electron chi connectivity index (χ1n) is 8.15. The second kappa shape index (κ2) is 13.1. The van der Waals surface area contributed by atoms with Crippen molar-refractivity contribution in [2.45, 2.75) is 53.5 Å². The Hall–Kier alpha value is -0.940. The minimum Gasteiger partial charge on any atom is -0.330 e. The second-order valence-corrected chi connectivity index (χ2v) is 4.54. The monoisotopic (exact) mass is 283 g/mol. The molecule has 2 rings (SSSR count). The molecule has 20 heavy (non-hydrogen) atoms. The summed E-state index contributed by atoms with van der Waals surface area (Å²) in [7, 11) is 0. The number of aromatic nitrogens is 3. The molecule has 0 spiro atoms. The van der Waals surface area contributed by atoms with Crippen LogP contribution in [0, 0.1) is 5.92 Å². The predicted octanol–water partition coefficient (Wildman–Crippen LogP) is 2.39. The zero-order valence-electron chi connectivity index (χ0n) is 13.8. The van der Waals surface area contributed by atoms with Gasteiger partial charge in [0.25, 0.3) is 0 Å². The van der Waals surface area contributed by atoms with Crippen LogP contribution in [0.2, 0.25) is 0 Å². The second-order valence-electron chi connectivity index (χ2n) is 4.54. The van der Waals surface area contributed by atoms with Crippen LogP contribution >= 0.6 is 0 Å². The van der Waals surface area contributed by atoms with Crippen molar-refractivity contribution in [3.63, 3.8) is 0 Å². The summed E-state index contributed by atoms with van der Waals surface area (Å²) in [5.74, 6) is 0.756. The van der Waals surface area contributed by atoms with E-state index in [0.29, 0.717) is 0 Å². The summed E-state index contributed by atoms with van der Waals surface area (Å²) < 4.78 is 1.90. The molecule has 1 aromatic rings. The van der Waals surface area contributed by atoms with E-state index in [-0.39, 0.29) is 0 Å². The third kappa shape index (κ3) is 7.60. The Morgan fingerprint density at radius 3 is 2.25 bits per heavy atom. The molecule has 1 aliphatic heterocycles. The molecule has 1 saturated heterocycles. The van der Waals surface area contributed by atoms with Crippen LogP contribution in [0.25, 0.3) is 0 Å². The van der Waals surface area contributed by atoms with Crippen LogP contribution in [0.4, 0.5) is 0 Å². The Kier molecular flexibility index (Phi) is 12.4. The SMILES string of the molecule is CC.CC.NCC1CCN(CCCn2ccnn2)CC1. The van der Waals surface area contributed by atoms with Crippen LogP contribution in [0.15, 0.2) is 12.4 Å². The molecule has 0 atom stereocenters. The Morgan fingerprint density at radius 2 is 1.75 bits per heavy atom. The minimum atomic E-state index is 0.756. The van der Waals surface area contributed by atoms with Gasteiger partial charge in [-0.15, -0.1) is 5.10 Å². The van der Waals surface area contributed by atoms with Crippen LogP contribution in [0.1, 0.15) is 47.0 Å². The Balaban J connectivity index is 0.000000829. The lowest BCUT2D eigenvalue weighted by atomic mass is 9.97. The van der Waals surface area contributed by atoms with Crippen LogP contribution in [-0.4, -0.2) is 46.1 Å². The van der Waals surface area contributed by atoms with Crippen LogP contribution in [-0.2, 0) is 6.54 Å². The molecule has 1 fully saturated rings. The van der Waals surface area contributed by atoms with Gasteiger partial charge in [-0.2, -0.15) is 0 Å². The van der Waals surface area contributed by atoms with Crippen molar-refractivity contribution in [1.82, 2.24) is 19.9 Å². The molecule has 0 aliphatic carbocycles. The fourth-order valence-electron chi connectivity index (χ4n) is 2.25. The van der Waals surface area contributed by atoms with E-state index >= 15 is 0 Å². The molecule has 0 amide bonds. The number of hydrogen-bond donors (Lipinski definition) is 1. The molecule has 5 nitrogen and oxygen atoms in total. The number of piperidine rings is 1. The third-order valence-corrected chi connectivity index (χ3v) is 3.37. The molecule has 0 aromatic carbocycles. The first-order valence-corrected chi connectivity index (χ1v) is 8.15. The number of rotatable bonds is 5. The van der Waals surface area contributed by atoms with E-state index < -0.39 is 0 Å². The van der Waals surface area contributed by atoms with Crippen molar-refractivity contribution in [2.24, 2.45) is 11.7 Å². The first kappa shape index (κ1) is 19.1. The fourth-order valence-corrected chi connectivity index (χ4v) is 2.25. The third-order valence-electron chi connectivity index (χ3n) is 3.37. The smallest absolute Gasteiger partial charge is 0.0692 e. The van der Waals surface area contributed by atoms with Crippen LogP contribution < -0.4 is 5.73 Å². The van der Waals surface area contributed by atoms with Gasteiger partial charge >= 0.3 is 0 Å². The highest BCUT2D eigenvalue weighted by atomic mass is 15.4. The van der Waals surface area contributed by atoms with E-state index in [9.17, 15) is 0 Å². The van der Waals surface area contributed by atoms with Crippen molar-refractivity contribution >= 4 is 0 Å². The summed E-state index contributed by atoms with van der Waals surface area (Å²) in [5.41, 5.74) is 5.68. The highest BCUT2D eigenvalue weighted by molar-refractivity contribution is 4.72. The largest absolute Gasteiger partial charge is 0.330 e. The summed E-state index contributed by atoms with van der Waals surface area (Å²) >= 11 is 0. The van der Waals surface area contributed by atoms with Gasteiger partial charge in [-0.05, 0) is 51.4 Å². The van der Waals surface area contributed by atoms with E-state index in [1.165, 1.54) is 25.9 Å². The number of aryl methyl sites for hydroxylation is 1. The van der Waals surface area contributed by atoms with Crippen molar-refractivity contribution in [3.8, 4) is 0 Å². The zero-order chi connectivity index (χ0) is 15.2. The van der Waals surface area contributed by atoms with Gasteiger partial charge in [0, 0.05) is 12.7 Å². The molecule has 1 aliphatic rings. The van der Waals surface area contributed by atoms with Gasteiger partial charge in [-0.1, -0.05) is 32.9 Å². The molecule has 2 heterocycles. The molecule has 2 N–H and O–H groups in total. The lowest BCUT2D eigenvalue weighted by molar-refractivity contribution is 0.182. The maximum absolute atomic E-state index is 5.68. The van der Waals surface area contributed by atoms with Gasteiger partial charge in [0.1, 0.15) is 0 Å². The summed E-state index contributed by atoms with van der Waals surface area (Å²) in [4.78, 5) is 2.53. The maximum Gasteiger partial charge on any atom is 0.0692 e. The minimum absolute atomic E-state index is 0.756. The quantitative estimate of drug-likeness (QED) is 0.901. The average Bonchev–Trinajstić information content (AvgIpc) is 3.05. The Morgan fingerprint density at radius 1 is 1.10 bits per heavy atom. The van der Waals surface area contributed by atoms with E-state index in [0.717, 1.165) is 32.0 Å². The highest BCUT2D eigenvalue weighted by Crippen LogP contribution is 2.15. The Bertz CT molecular complexity index is 278. The molecule has 118 valence electrons. The molecule has 0 unspecified atom stereocenters. The molecule has 1 aromatic heterocycles. The highest BCUT2D eigenvalue weighted by Gasteiger charge is 2.17. The lowest BCUT2D eigenvalue weighted by Crippen LogP contribution is -2.36. The predicted molar refractivity (Wildman–Crippen MR) is 85.6 cm³/mol. The van der Waals surface area contributed by atoms with Crippen molar-refractivity contribution in [1.29, 1.82) is 0 Å². The topological polar surface area (TPSA) is 60.0 Å². The van der Waals surface area contributed by atoms with E-state index in [1.54, 1.807) is 6.20 Å². The average molecular weight is 283 g/mol.